The van der Waals surface area contributed by atoms with E-state index in [1.165, 1.54) is 28.6 Å². The highest BCUT2D eigenvalue weighted by molar-refractivity contribution is 7.89. The molecule has 0 radical (unpaired) electrons. The van der Waals surface area contributed by atoms with Gasteiger partial charge in [0.1, 0.15) is 0 Å². The molecule has 166 valence electrons. The summed E-state index contributed by atoms with van der Waals surface area (Å²) in [6.45, 7) is 1.18. The largest absolute Gasteiger partial charge is 0.417 e. The van der Waals surface area contributed by atoms with Crippen molar-refractivity contribution in [3.8, 4) is 0 Å². The fraction of sp³-hybridized carbons (Fsp3) is 0.286. The van der Waals surface area contributed by atoms with Gasteiger partial charge in [0.2, 0.25) is 15.9 Å². The summed E-state index contributed by atoms with van der Waals surface area (Å²) in [5.74, 6) is -0.503. The van der Waals surface area contributed by atoms with E-state index in [1.807, 2.05) is 0 Å². The predicted molar refractivity (Wildman–Crippen MR) is 112 cm³/mol. The summed E-state index contributed by atoms with van der Waals surface area (Å²) in [5, 5.41) is 2.19. The zero-order valence-corrected chi connectivity index (χ0v) is 17.9. The van der Waals surface area contributed by atoms with Crippen LogP contribution in [0.25, 0.3) is 6.08 Å². The topological polar surface area (TPSA) is 66.5 Å². The van der Waals surface area contributed by atoms with Crippen LogP contribution >= 0.6 is 11.6 Å². The van der Waals surface area contributed by atoms with Gasteiger partial charge >= 0.3 is 6.18 Å². The standard InChI is InChI=1S/C21H20ClF3N2O3S/c22-19-9-5-15(13-18(19)21(23,24)25)6-10-20(28)26-14-16-3-7-17(8-4-16)31(29,30)27-11-1-2-12-27/h3-10,13H,1-2,11-12,14H2,(H,26,28). The molecule has 0 saturated carbocycles. The van der Waals surface area contributed by atoms with Crippen molar-refractivity contribution in [2.45, 2.75) is 30.5 Å². The lowest BCUT2D eigenvalue weighted by atomic mass is 10.1. The number of hydrogen-bond acceptors (Lipinski definition) is 3. The SMILES string of the molecule is O=C(C=Cc1ccc(Cl)c(C(F)(F)F)c1)NCc1ccc(S(=O)(=O)N2CCCC2)cc1. The maximum absolute atomic E-state index is 12.9. The number of sulfonamides is 1. The van der Waals surface area contributed by atoms with Gasteiger partial charge in [-0.25, -0.2) is 8.42 Å². The van der Waals surface area contributed by atoms with Gasteiger partial charge in [-0.2, -0.15) is 17.5 Å². The minimum atomic E-state index is -4.59. The van der Waals surface area contributed by atoms with Crippen molar-refractivity contribution in [1.82, 2.24) is 9.62 Å². The van der Waals surface area contributed by atoms with Gasteiger partial charge in [0.05, 0.1) is 15.5 Å². The van der Waals surface area contributed by atoms with E-state index >= 15 is 0 Å². The van der Waals surface area contributed by atoms with Crippen LogP contribution in [0.3, 0.4) is 0 Å². The van der Waals surface area contributed by atoms with Crippen molar-refractivity contribution in [1.29, 1.82) is 0 Å². The highest BCUT2D eigenvalue weighted by Gasteiger charge is 2.33. The Hall–Kier alpha value is -2.36. The maximum Gasteiger partial charge on any atom is 0.417 e. The first-order chi connectivity index (χ1) is 14.6. The highest BCUT2D eigenvalue weighted by Crippen LogP contribution is 2.35. The normalized spacial score (nSPS) is 15.5. The van der Waals surface area contributed by atoms with Gasteiger partial charge in [-0.1, -0.05) is 29.8 Å². The lowest BCUT2D eigenvalue weighted by Gasteiger charge is -2.15. The molecule has 1 aliphatic heterocycles. The van der Waals surface area contributed by atoms with Crippen LogP contribution in [0.2, 0.25) is 5.02 Å². The number of benzene rings is 2. The maximum atomic E-state index is 12.9. The fourth-order valence-electron chi connectivity index (χ4n) is 3.14. The van der Waals surface area contributed by atoms with Crippen LogP contribution in [0.5, 0.6) is 0 Å². The zero-order chi connectivity index (χ0) is 22.6. The van der Waals surface area contributed by atoms with Crippen LogP contribution in [0.4, 0.5) is 13.2 Å². The van der Waals surface area contributed by atoms with E-state index < -0.39 is 32.7 Å². The molecule has 0 atom stereocenters. The van der Waals surface area contributed by atoms with E-state index in [0.717, 1.165) is 31.1 Å². The lowest BCUT2D eigenvalue weighted by Crippen LogP contribution is -2.27. The molecule has 0 bridgehead atoms. The first-order valence-electron chi connectivity index (χ1n) is 9.49. The molecule has 1 saturated heterocycles. The van der Waals surface area contributed by atoms with Gasteiger partial charge in [-0.05, 0) is 54.3 Å². The molecule has 31 heavy (non-hydrogen) atoms. The number of carbonyl (C=O) groups excluding carboxylic acids is 1. The van der Waals surface area contributed by atoms with Crippen molar-refractivity contribution in [3.63, 3.8) is 0 Å². The Kier molecular flexibility index (Phi) is 7.08. The number of hydrogen-bond donors (Lipinski definition) is 1. The van der Waals surface area contributed by atoms with Crippen molar-refractivity contribution in [2.24, 2.45) is 0 Å². The van der Waals surface area contributed by atoms with E-state index in [-0.39, 0.29) is 17.0 Å². The lowest BCUT2D eigenvalue weighted by molar-refractivity contribution is -0.137. The molecule has 0 spiro atoms. The van der Waals surface area contributed by atoms with Gasteiger partial charge in [0.15, 0.2) is 0 Å². The van der Waals surface area contributed by atoms with E-state index in [0.29, 0.717) is 18.7 Å². The van der Waals surface area contributed by atoms with Crippen LogP contribution in [0, 0.1) is 0 Å². The van der Waals surface area contributed by atoms with Gasteiger partial charge in [-0.3, -0.25) is 4.79 Å². The number of rotatable bonds is 6. The monoisotopic (exact) mass is 472 g/mol. The Labute approximate surface area is 183 Å². The molecule has 3 rings (SSSR count). The molecule has 1 heterocycles. The van der Waals surface area contributed by atoms with Gasteiger partial charge in [0.25, 0.3) is 0 Å². The fourth-order valence-corrected chi connectivity index (χ4v) is 4.88. The molecular weight excluding hydrogens is 453 g/mol. The summed E-state index contributed by atoms with van der Waals surface area (Å²) < 4.78 is 65.2. The Balaban J connectivity index is 1.59. The van der Waals surface area contributed by atoms with Crippen LogP contribution < -0.4 is 5.32 Å². The number of alkyl halides is 3. The first-order valence-corrected chi connectivity index (χ1v) is 11.3. The highest BCUT2D eigenvalue weighted by atomic mass is 35.5. The Morgan fingerprint density at radius 2 is 1.74 bits per heavy atom. The molecule has 1 aliphatic rings. The zero-order valence-electron chi connectivity index (χ0n) is 16.3. The van der Waals surface area contributed by atoms with Gasteiger partial charge in [0, 0.05) is 25.7 Å². The molecular formula is C21H20ClF3N2O3S. The molecule has 1 N–H and O–H groups in total. The van der Waals surface area contributed by atoms with Crippen LogP contribution in [-0.2, 0) is 27.5 Å². The van der Waals surface area contributed by atoms with Gasteiger partial charge < -0.3 is 5.32 Å². The minimum absolute atomic E-state index is 0.141. The summed E-state index contributed by atoms with van der Waals surface area (Å²) in [7, 11) is -3.50. The summed E-state index contributed by atoms with van der Waals surface area (Å²) in [4.78, 5) is 12.2. The summed E-state index contributed by atoms with van der Waals surface area (Å²) in [6.07, 6.45) is -0.505. The summed E-state index contributed by atoms with van der Waals surface area (Å²) >= 11 is 5.57. The first kappa shape index (κ1) is 23.3. The molecule has 1 fully saturated rings. The molecule has 0 unspecified atom stereocenters. The number of carbonyl (C=O) groups is 1. The molecule has 10 heteroatoms. The molecule has 1 amide bonds. The van der Waals surface area contributed by atoms with Crippen LogP contribution in [-0.4, -0.2) is 31.7 Å². The quantitative estimate of drug-likeness (QED) is 0.631. The number of amides is 1. The van der Waals surface area contributed by atoms with Crippen molar-refractivity contribution in [2.75, 3.05) is 13.1 Å². The third kappa shape index (κ3) is 5.87. The number of halogens is 4. The molecule has 5 nitrogen and oxygen atoms in total. The number of nitrogens with zero attached hydrogens (tertiary/aromatic N) is 1. The molecule has 0 aromatic heterocycles. The molecule has 2 aromatic rings. The van der Waals surface area contributed by atoms with Crippen molar-refractivity contribution in [3.05, 3.63) is 70.3 Å². The van der Waals surface area contributed by atoms with Crippen molar-refractivity contribution >= 4 is 33.6 Å². The number of nitrogens with one attached hydrogen (secondary N) is 1. The Bertz CT molecular complexity index is 1080. The second kappa shape index (κ2) is 9.42. The molecule has 0 aliphatic carbocycles. The predicted octanol–water partition coefficient (Wildman–Crippen LogP) is 4.47. The average molecular weight is 473 g/mol. The Morgan fingerprint density at radius 3 is 2.35 bits per heavy atom. The van der Waals surface area contributed by atoms with E-state index in [2.05, 4.69) is 5.32 Å². The minimum Gasteiger partial charge on any atom is -0.348 e. The van der Waals surface area contributed by atoms with E-state index in [1.54, 1.807) is 12.1 Å². The van der Waals surface area contributed by atoms with Crippen molar-refractivity contribution < 1.29 is 26.4 Å². The summed E-state index contributed by atoms with van der Waals surface area (Å²) in [6, 6.07) is 9.59. The third-order valence-electron chi connectivity index (χ3n) is 4.82. The smallest absolute Gasteiger partial charge is 0.348 e. The Morgan fingerprint density at radius 1 is 1.10 bits per heavy atom. The van der Waals surface area contributed by atoms with Crippen LogP contribution in [0.1, 0.15) is 29.5 Å². The average Bonchev–Trinajstić information content (AvgIpc) is 3.27. The van der Waals surface area contributed by atoms with E-state index in [4.69, 9.17) is 11.6 Å². The van der Waals surface area contributed by atoms with Crippen LogP contribution in [0.15, 0.2) is 53.4 Å². The summed E-state index contributed by atoms with van der Waals surface area (Å²) in [5.41, 5.74) is -0.1000. The third-order valence-corrected chi connectivity index (χ3v) is 7.06. The molecule has 2 aromatic carbocycles. The second-order valence-corrected chi connectivity index (χ2v) is 9.39. The van der Waals surface area contributed by atoms with Gasteiger partial charge in [-0.15, -0.1) is 0 Å². The second-order valence-electron chi connectivity index (χ2n) is 7.04. The van der Waals surface area contributed by atoms with E-state index in [9.17, 15) is 26.4 Å².